The van der Waals surface area contributed by atoms with Crippen molar-refractivity contribution in [3.05, 3.63) is 59.7 Å². The molecule has 0 aliphatic heterocycles. The van der Waals surface area contributed by atoms with Gasteiger partial charge in [-0.15, -0.1) is 0 Å². The third-order valence-electron chi connectivity index (χ3n) is 3.41. The molecule has 0 amide bonds. The number of carbonyl (C=O) groups excluding carboxylic acids is 2. The Balaban J connectivity index is 2.00. The van der Waals surface area contributed by atoms with Gasteiger partial charge < -0.3 is 20.1 Å². The van der Waals surface area contributed by atoms with Crippen molar-refractivity contribution in [2.45, 2.75) is 12.5 Å². The lowest BCUT2D eigenvalue weighted by molar-refractivity contribution is -0.129. The van der Waals surface area contributed by atoms with Crippen molar-refractivity contribution in [3.8, 4) is 11.5 Å². The largest absolute Gasteiger partial charge is 0.507 e. The summed E-state index contributed by atoms with van der Waals surface area (Å²) in [5.41, 5.74) is 0.616. The Morgan fingerprint density at radius 2 is 1.79 bits per heavy atom. The van der Waals surface area contributed by atoms with E-state index in [1.807, 2.05) is 0 Å². The number of aromatic hydroxyl groups is 1. The average molecular weight is 330 g/mol. The van der Waals surface area contributed by atoms with E-state index < -0.39 is 18.5 Å². The summed E-state index contributed by atoms with van der Waals surface area (Å²) in [5, 5.41) is 27.8. The number of phenolic OH excluding ortho intramolecular Hbond substituents is 1. The van der Waals surface area contributed by atoms with E-state index in [4.69, 9.17) is 14.9 Å². The molecule has 24 heavy (non-hydrogen) atoms. The zero-order valence-electron chi connectivity index (χ0n) is 12.9. The highest BCUT2D eigenvalue weighted by molar-refractivity contribution is 6.10. The van der Waals surface area contributed by atoms with Crippen molar-refractivity contribution >= 4 is 11.6 Å². The van der Waals surface area contributed by atoms with Crippen molar-refractivity contribution in [1.29, 1.82) is 0 Å². The fraction of sp³-hybridized carbons (Fsp3) is 0.222. The number of aliphatic hydroxyl groups is 2. The van der Waals surface area contributed by atoms with Gasteiger partial charge in [-0.05, 0) is 12.1 Å². The smallest absolute Gasteiger partial charge is 0.196 e. The van der Waals surface area contributed by atoms with Crippen LogP contribution in [0.3, 0.4) is 0 Å². The summed E-state index contributed by atoms with van der Waals surface area (Å²) in [6, 6.07) is 12.8. The molecule has 2 aromatic rings. The highest BCUT2D eigenvalue weighted by atomic mass is 16.5. The Morgan fingerprint density at radius 1 is 1.08 bits per heavy atom. The Morgan fingerprint density at radius 3 is 2.42 bits per heavy atom. The molecule has 0 saturated heterocycles. The van der Waals surface area contributed by atoms with Gasteiger partial charge in [-0.1, -0.05) is 30.3 Å². The van der Waals surface area contributed by atoms with E-state index in [9.17, 15) is 14.7 Å². The van der Waals surface area contributed by atoms with E-state index in [-0.39, 0.29) is 30.1 Å². The van der Waals surface area contributed by atoms with Gasteiger partial charge in [-0.3, -0.25) is 9.59 Å². The predicted octanol–water partition coefficient (Wildman–Crippen LogP) is 1.31. The fourth-order valence-corrected chi connectivity index (χ4v) is 2.08. The molecule has 0 aliphatic carbocycles. The second kappa shape index (κ2) is 8.24. The van der Waals surface area contributed by atoms with E-state index in [1.165, 1.54) is 18.2 Å². The fourth-order valence-electron chi connectivity index (χ4n) is 2.08. The third-order valence-corrected chi connectivity index (χ3v) is 3.41. The van der Waals surface area contributed by atoms with Crippen LogP contribution in [0.4, 0.5) is 0 Å². The van der Waals surface area contributed by atoms with Crippen LogP contribution in [-0.2, 0) is 4.79 Å². The number of carbonyl (C=O) groups is 2. The summed E-state index contributed by atoms with van der Waals surface area (Å²) in [4.78, 5) is 23.6. The van der Waals surface area contributed by atoms with Gasteiger partial charge in [0.05, 0.1) is 18.8 Å². The van der Waals surface area contributed by atoms with E-state index >= 15 is 0 Å². The van der Waals surface area contributed by atoms with Crippen LogP contribution >= 0.6 is 0 Å². The van der Waals surface area contributed by atoms with Gasteiger partial charge in [0.1, 0.15) is 17.6 Å². The van der Waals surface area contributed by atoms with Crippen LogP contribution in [0.2, 0.25) is 0 Å². The van der Waals surface area contributed by atoms with Crippen LogP contribution in [0.25, 0.3) is 0 Å². The van der Waals surface area contributed by atoms with Crippen molar-refractivity contribution < 1.29 is 29.6 Å². The molecular formula is C18H18O6. The number of rotatable bonds is 8. The zero-order valence-corrected chi connectivity index (χ0v) is 12.9. The normalized spacial score (nSPS) is 11.8. The van der Waals surface area contributed by atoms with E-state index in [0.717, 1.165) is 0 Å². The summed E-state index contributed by atoms with van der Waals surface area (Å²) < 4.78 is 5.31. The van der Waals surface area contributed by atoms with Crippen LogP contribution in [0.1, 0.15) is 22.3 Å². The standard InChI is InChI=1S/C18H18O6/c19-11-17(22)15(20)8-9-24-13-6-7-14(16(21)10-13)18(23)12-4-2-1-3-5-12/h1-7,10,17,19,21-22H,8-9,11H2. The molecule has 126 valence electrons. The summed E-state index contributed by atoms with van der Waals surface area (Å²) in [7, 11) is 0. The third kappa shape index (κ3) is 4.41. The highest BCUT2D eigenvalue weighted by Gasteiger charge is 2.15. The first-order valence-electron chi connectivity index (χ1n) is 7.40. The monoisotopic (exact) mass is 330 g/mol. The number of phenols is 1. The first kappa shape index (κ1) is 17.7. The van der Waals surface area contributed by atoms with Gasteiger partial charge in [0.15, 0.2) is 11.6 Å². The molecule has 3 N–H and O–H groups in total. The number of benzene rings is 2. The Kier molecular flexibility index (Phi) is 6.06. The molecule has 0 radical (unpaired) electrons. The minimum Gasteiger partial charge on any atom is -0.507 e. The second-order valence-corrected chi connectivity index (χ2v) is 5.14. The molecule has 0 bridgehead atoms. The second-order valence-electron chi connectivity index (χ2n) is 5.14. The lowest BCUT2D eigenvalue weighted by Crippen LogP contribution is -2.25. The number of aliphatic hydroxyl groups excluding tert-OH is 2. The van der Waals surface area contributed by atoms with Gasteiger partial charge in [0.2, 0.25) is 0 Å². The first-order valence-corrected chi connectivity index (χ1v) is 7.40. The summed E-state index contributed by atoms with van der Waals surface area (Å²) in [6.07, 6.45) is -1.49. The molecule has 2 rings (SSSR count). The van der Waals surface area contributed by atoms with Crippen LogP contribution in [0.5, 0.6) is 11.5 Å². The summed E-state index contributed by atoms with van der Waals surface area (Å²) in [6.45, 7) is -0.642. The average Bonchev–Trinajstić information content (AvgIpc) is 2.61. The number of ketones is 2. The van der Waals surface area contributed by atoms with Crippen LogP contribution in [0, 0.1) is 0 Å². The summed E-state index contributed by atoms with van der Waals surface area (Å²) in [5.74, 6) is -0.759. The molecule has 6 heteroatoms. The lowest BCUT2D eigenvalue weighted by atomic mass is 10.0. The van der Waals surface area contributed by atoms with Crippen molar-refractivity contribution in [2.24, 2.45) is 0 Å². The molecule has 1 unspecified atom stereocenters. The Hall–Kier alpha value is -2.70. The number of hydrogen-bond acceptors (Lipinski definition) is 6. The van der Waals surface area contributed by atoms with Gasteiger partial charge in [-0.25, -0.2) is 0 Å². The van der Waals surface area contributed by atoms with Crippen LogP contribution in [-0.4, -0.2) is 46.2 Å². The maximum atomic E-state index is 12.3. The molecule has 2 aromatic carbocycles. The minimum absolute atomic E-state index is 0.0126. The van der Waals surface area contributed by atoms with Crippen molar-refractivity contribution in [3.63, 3.8) is 0 Å². The van der Waals surface area contributed by atoms with Gasteiger partial charge in [-0.2, -0.15) is 0 Å². The van der Waals surface area contributed by atoms with Gasteiger partial charge in [0, 0.05) is 18.1 Å². The molecule has 0 spiro atoms. The highest BCUT2D eigenvalue weighted by Crippen LogP contribution is 2.26. The minimum atomic E-state index is -1.41. The van der Waals surface area contributed by atoms with E-state index in [0.29, 0.717) is 11.3 Å². The van der Waals surface area contributed by atoms with Gasteiger partial charge in [0.25, 0.3) is 0 Å². The Labute approximate surface area is 138 Å². The number of ether oxygens (including phenoxy) is 1. The number of Topliss-reactive ketones (excluding diaryl/α,β-unsaturated/α-hetero) is 1. The molecule has 0 heterocycles. The quantitative estimate of drug-likeness (QED) is 0.631. The maximum absolute atomic E-state index is 12.3. The molecular weight excluding hydrogens is 312 g/mol. The predicted molar refractivity (Wildman–Crippen MR) is 86.2 cm³/mol. The van der Waals surface area contributed by atoms with E-state index in [1.54, 1.807) is 30.3 Å². The number of hydrogen-bond donors (Lipinski definition) is 3. The lowest BCUT2D eigenvalue weighted by Gasteiger charge is -2.10. The molecule has 0 saturated carbocycles. The topological polar surface area (TPSA) is 104 Å². The van der Waals surface area contributed by atoms with Gasteiger partial charge >= 0.3 is 0 Å². The van der Waals surface area contributed by atoms with Crippen molar-refractivity contribution in [2.75, 3.05) is 13.2 Å². The molecule has 6 nitrogen and oxygen atoms in total. The van der Waals surface area contributed by atoms with E-state index in [2.05, 4.69) is 0 Å². The molecule has 0 aromatic heterocycles. The molecule has 0 aliphatic rings. The Bertz CT molecular complexity index is 711. The maximum Gasteiger partial charge on any atom is 0.196 e. The van der Waals surface area contributed by atoms with Crippen molar-refractivity contribution in [1.82, 2.24) is 0 Å². The molecule has 1 atom stereocenters. The van der Waals surface area contributed by atoms with Crippen LogP contribution in [0.15, 0.2) is 48.5 Å². The first-order chi connectivity index (χ1) is 11.5. The molecule has 0 fully saturated rings. The SMILES string of the molecule is O=C(c1ccccc1)c1ccc(OCCC(=O)C(O)CO)cc1O. The van der Waals surface area contributed by atoms with Crippen LogP contribution < -0.4 is 4.74 Å². The summed E-state index contributed by atoms with van der Waals surface area (Å²) >= 11 is 0. The zero-order chi connectivity index (χ0) is 17.5.